The Morgan fingerprint density at radius 1 is 1.28 bits per heavy atom. The molecule has 7 nitrogen and oxygen atoms in total. The standard InChI is InChI=1S/C19H20BrClFN3O4/c1-19(2,3)29-18(28)25-6-4-24(5-7-25)16-10-8-12(21)13(20)14(22)15(10)23-9-11(16)17(26)27/h8-9H,4-7H2,1-3H3,(H,26,27). The van der Waals surface area contributed by atoms with Crippen molar-refractivity contribution in [3.05, 3.63) is 33.1 Å². The second kappa shape index (κ2) is 7.95. The lowest BCUT2D eigenvalue weighted by molar-refractivity contribution is 0.0240. The van der Waals surface area contributed by atoms with Crippen LogP contribution in [0.15, 0.2) is 16.7 Å². The third kappa shape index (κ3) is 4.40. The van der Waals surface area contributed by atoms with Crippen molar-refractivity contribution < 1.29 is 23.8 Å². The molecule has 0 bridgehead atoms. The molecule has 1 amide bonds. The van der Waals surface area contributed by atoms with E-state index < -0.39 is 23.5 Å². The van der Waals surface area contributed by atoms with E-state index in [0.717, 1.165) is 6.20 Å². The summed E-state index contributed by atoms with van der Waals surface area (Å²) in [4.78, 5) is 31.4. The lowest BCUT2D eigenvalue weighted by Crippen LogP contribution is -2.50. The van der Waals surface area contributed by atoms with E-state index in [1.165, 1.54) is 6.07 Å². The summed E-state index contributed by atoms with van der Waals surface area (Å²) in [5.74, 6) is -1.83. The minimum absolute atomic E-state index is 0.0239. The maximum Gasteiger partial charge on any atom is 0.410 e. The molecule has 156 valence electrons. The fourth-order valence-corrected chi connectivity index (χ4v) is 3.66. The predicted molar refractivity (Wildman–Crippen MR) is 111 cm³/mol. The van der Waals surface area contributed by atoms with Crippen LogP contribution in [-0.2, 0) is 4.74 Å². The van der Waals surface area contributed by atoms with Crippen LogP contribution in [-0.4, -0.2) is 58.8 Å². The van der Waals surface area contributed by atoms with Gasteiger partial charge in [0, 0.05) is 37.8 Å². The summed E-state index contributed by atoms with van der Waals surface area (Å²) in [6.45, 7) is 6.76. The molecule has 1 aliphatic rings. The van der Waals surface area contributed by atoms with E-state index in [9.17, 15) is 19.1 Å². The van der Waals surface area contributed by atoms with Gasteiger partial charge in [-0.1, -0.05) is 11.6 Å². The number of hydrogen-bond donors (Lipinski definition) is 1. The quantitative estimate of drug-likeness (QED) is 0.625. The van der Waals surface area contributed by atoms with Gasteiger partial charge in [0.05, 0.1) is 15.2 Å². The molecule has 1 aromatic carbocycles. The number of carboxylic acids is 1. The number of rotatable bonds is 2. The lowest BCUT2D eigenvalue weighted by Gasteiger charge is -2.37. The van der Waals surface area contributed by atoms with Gasteiger partial charge in [-0.3, -0.25) is 4.98 Å². The number of benzene rings is 1. The molecule has 3 rings (SSSR count). The van der Waals surface area contributed by atoms with Gasteiger partial charge in [0.1, 0.15) is 16.7 Å². The first-order chi connectivity index (χ1) is 13.5. The Bertz CT molecular complexity index is 988. The second-order valence-electron chi connectivity index (χ2n) is 7.66. The number of nitrogens with zero attached hydrogens (tertiary/aromatic N) is 3. The van der Waals surface area contributed by atoms with Gasteiger partial charge in [-0.2, -0.15) is 0 Å². The van der Waals surface area contributed by atoms with Crippen LogP contribution in [0.3, 0.4) is 0 Å². The van der Waals surface area contributed by atoms with Crippen LogP contribution in [0, 0.1) is 5.82 Å². The monoisotopic (exact) mass is 487 g/mol. The summed E-state index contributed by atoms with van der Waals surface area (Å²) >= 11 is 9.19. The maximum absolute atomic E-state index is 14.6. The highest BCUT2D eigenvalue weighted by atomic mass is 79.9. The van der Waals surface area contributed by atoms with Crippen molar-refractivity contribution in [1.82, 2.24) is 9.88 Å². The lowest BCUT2D eigenvalue weighted by atomic mass is 10.1. The van der Waals surface area contributed by atoms with Crippen molar-refractivity contribution in [2.45, 2.75) is 26.4 Å². The average molecular weight is 489 g/mol. The van der Waals surface area contributed by atoms with Crippen LogP contribution in [0.1, 0.15) is 31.1 Å². The number of piperazine rings is 1. The number of hydrogen-bond acceptors (Lipinski definition) is 5. The Morgan fingerprint density at radius 2 is 1.90 bits per heavy atom. The van der Waals surface area contributed by atoms with Crippen LogP contribution in [0.5, 0.6) is 0 Å². The number of pyridine rings is 1. The van der Waals surface area contributed by atoms with Crippen LogP contribution in [0.4, 0.5) is 14.9 Å². The highest BCUT2D eigenvalue weighted by Crippen LogP contribution is 2.37. The first kappa shape index (κ1) is 21.6. The molecule has 0 aliphatic carbocycles. The fourth-order valence-electron chi connectivity index (χ4n) is 3.16. The van der Waals surface area contributed by atoms with Gasteiger partial charge in [-0.15, -0.1) is 0 Å². The van der Waals surface area contributed by atoms with E-state index >= 15 is 0 Å². The Kier molecular flexibility index (Phi) is 5.91. The first-order valence-corrected chi connectivity index (χ1v) is 10.1. The van der Waals surface area contributed by atoms with Gasteiger partial charge in [0.25, 0.3) is 0 Å². The first-order valence-electron chi connectivity index (χ1n) is 8.92. The van der Waals surface area contributed by atoms with Crippen LogP contribution < -0.4 is 4.90 Å². The molecule has 29 heavy (non-hydrogen) atoms. The number of carbonyl (C=O) groups is 2. The van der Waals surface area contributed by atoms with Crippen molar-refractivity contribution in [2.24, 2.45) is 0 Å². The Hall–Kier alpha value is -2.13. The largest absolute Gasteiger partial charge is 0.478 e. The summed E-state index contributed by atoms with van der Waals surface area (Å²) in [6.07, 6.45) is 0.720. The van der Waals surface area contributed by atoms with Crippen molar-refractivity contribution in [3.63, 3.8) is 0 Å². The zero-order valence-electron chi connectivity index (χ0n) is 16.1. The predicted octanol–water partition coefficient (Wildman–Crippen LogP) is 4.55. The van der Waals surface area contributed by atoms with Gasteiger partial charge >= 0.3 is 12.1 Å². The van der Waals surface area contributed by atoms with E-state index in [4.69, 9.17) is 16.3 Å². The zero-order valence-corrected chi connectivity index (χ0v) is 18.5. The third-order valence-corrected chi connectivity index (χ3v) is 5.75. The van der Waals surface area contributed by atoms with Crippen LogP contribution in [0.2, 0.25) is 5.02 Å². The molecule has 10 heteroatoms. The number of ether oxygens (including phenoxy) is 1. The number of carboxylic acid groups (broad SMARTS) is 1. The number of aromatic carboxylic acids is 1. The number of fused-ring (bicyclic) bond motifs is 1. The maximum atomic E-state index is 14.6. The second-order valence-corrected chi connectivity index (χ2v) is 8.86. The van der Waals surface area contributed by atoms with Crippen molar-refractivity contribution >= 4 is 56.2 Å². The highest BCUT2D eigenvalue weighted by molar-refractivity contribution is 9.10. The SMILES string of the molecule is CC(C)(C)OC(=O)N1CCN(c2c(C(=O)O)cnc3c(F)c(Br)c(Cl)cc23)CC1. The van der Waals surface area contributed by atoms with Crippen LogP contribution >= 0.6 is 27.5 Å². The fraction of sp³-hybridized carbons (Fsp3) is 0.421. The van der Waals surface area contributed by atoms with E-state index in [1.807, 2.05) is 0 Å². The molecule has 1 fully saturated rings. The number of aromatic nitrogens is 1. The van der Waals surface area contributed by atoms with Crippen molar-refractivity contribution in [1.29, 1.82) is 0 Å². The summed E-state index contributed by atoms with van der Waals surface area (Å²) < 4.78 is 20.1. The normalized spacial score (nSPS) is 15.0. The summed E-state index contributed by atoms with van der Waals surface area (Å²) in [7, 11) is 0. The summed E-state index contributed by atoms with van der Waals surface area (Å²) in [5.41, 5.74) is -0.301. The summed E-state index contributed by atoms with van der Waals surface area (Å²) in [6, 6.07) is 1.50. The number of halogens is 3. The van der Waals surface area contributed by atoms with Crippen molar-refractivity contribution in [2.75, 3.05) is 31.1 Å². The van der Waals surface area contributed by atoms with E-state index in [0.29, 0.717) is 37.3 Å². The topological polar surface area (TPSA) is 83.0 Å². The van der Waals surface area contributed by atoms with Crippen LogP contribution in [0.25, 0.3) is 10.9 Å². The Morgan fingerprint density at radius 3 is 2.45 bits per heavy atom. The van der Waals surface area contributed by atoms with Gasteiger partial charge in [-0.05, 0) is 42.8 Å². The average Bonchev–Trinajstić information content (AvgIpc) is 2.64. The molecule has 0 spiro atoms. The summed E-state index contributed by atoms with van der Waals surface area (Å²) in [5, 5.41) is 10.1. The molecule has 1 aliphatic heterocycles. The van der Waals surface area contributed by atoms with Gasteiger partial charge < -0.3 is 19.6 Å². The molecule has 0 atom stereocenters. The molecular weight excluding hydrogens is 469 g/mol. The smallest absolute Gasteiger partial charge is 0.410 e. The molecule has 1 aromatic heterocycles. The Balaban J connectivity index is 1.97. The molecule has 0 saturated carbocycles. The zero-order chi connectivity index (χ0) is 21.5. The molecule has 2 aromatic rings. The van der Waals surface area contributed by atoms with E-state index in [1.54, 1.807) is 30.6 Å². The van der Waals surface area contributed by atoms with Crippen molar-refractivity contribution in [3.8, 4) is 0 Å². The number of anilines is 1. The molecule has 1 saturated heterocycles. The Labute approximate surface area is 180 Å². The van der Waals surface area contributed by atoms with Gasteiger partial charge in [0.2, 0.25) is 0 Å². The molecule has 2 heterocycles. The minimum Gasteiger partial charge on any atom is -0.478 e. The third-order valence-electron chi connectivity index (χ3n) is 4.45. The molecule has 1 N–H and O–H groups in total. The number of carbonyl (C=O) groups excluding carboxylic acids is 1. The van der Waals surface area contributed by atoms with Gasteiger partial charge in [-0.25, -0.2) is 14.0 Å². The minimum atomic E-state index is -1.18. The molecule has 0 unspecified atom stereocenters. The van der Waals surface area contributed by atoms with E-state index in [2.05, 4.69) is 20.9 Å². The highest BCUT2D eigenvalue weighted by Gasteiger charge is 2.29. The van der Waals surface area contributed by atoms with E-state index in [-0.39, 0.29) is 20.6 Å². The molecule has 0 radical (unpaired) electrons. The van der Waals surface area contributed by atoms with Gasteiger partial charge in [0.15, 0.2) is 5.82 Å². The molecular formula is C19H20BrClFN3O4. The number of amides is 1.